The van der Waals surface area contributed by atoms with Gasteiger partial charge in [0.05, 0.1) is 32.8 Å². The van der Waals surface area contributed by atoms with Crippen molar-refractivity contribution in [1.82, 2.24) is 52.3 Å². The molecule has 1 aliphatic carbocycles. The number of carboxylic acids is 2. The number of phenolic OH excluding ortho intramolecular Hbond substituents is 1. The Morgan fingerprint density at radius 2 is 0.918 bits per heavy atom. The third-order valence-corrected chi connectivity index (χ3v) is 17.5. The van der Waals surface area contributed by atoms with E-state index in [4.69, 9.17) is 9.66 Å². The van der Waals surface area contributed by atoms with E-state index in [1.165, 1.54) is 31.2 Å². The van der Waals surface area contributed by atoms with Gasteiger partial charge in [-0.3, -0.25) is 71.0 Å². The Bertz CT molecular complexity index is 3530. The summed E-state index contributed by atoms with van der Waals surface area (Å²) in [5.41, 5.74) is 0.320. The fraction of sp³-hybridized carbons (Fsp3) is 0.660. The minimum Gasteiger partial charge on any atom is -0.508 e. The zero-order valence-electron chi connectivity index (χ0n) is 52.8. The number of hydrogen-bond donors (Lipinski definition) is 15. The van der Waals surface area contributed by atoms with E-state index >= 15 is 0 Å². The summed E-state index contributed by atoms with van der Waals surface area (Å²) < 4.78 is 148. The Morgan fingerprint density at radius 1 is 0.490 bits per heavy atom. The maximum Gasteiger partial charge on any atom is 0.397 e. The molecule has 0 bridgehead atoms. The van der Waals surface area contributed by atoms with Crippen molar-refractivity contribution in [2.75, 3.05) is 39.5 Å². The SMILES string of the molecule is CC[C@H](C)[C@H](NC(=O)[C@@H]1CCCN1C(=O)[C@H](COS(=O)(=O)O)NC(=O)[C@H](Cc1ccc(O)cc1)NC(=O)CCC(=O)O)C(=O)N1CCC[C@H]1C(=O)N[C@@H](COS(=O)(=O)O)C(=O)N[C@@H](COS(=O)(=O)O)C(=O)N[C@@H](C)C(=O)N[C@@H](CC1CCCCC1)C(=O)N[C@@H](COS(=O)(=O)O)C(=O)O. The van der Waals surface area contributed by atoms with Gasteiger partial charge in [0.15, 0.2) is 6.04 Å². The summed E-state index contributed by atoms with van der Waals surface area (Å²) >= 11 is 0. The summed E-state index contributed by atoms with van der Waals surface area (Å²) in [6.45, 7) is -1.94. The number of nitrogens with one attached hydrogen (secondary N) is 8. The molecular weight excluding hydrogens is 1400 g/mol. The second kappa shape index (κ2) is 37.4. The number of phenols is 1. The number of carbonyl (C=O) groups is 12. The predicted octanol–water partition coefficient (Wildman–Crippen LogP) is -4.94. The first-order valence-corrected chi connectivity index (χ1v) is 35.7. The topological polar surface area (TPSA) is 623 Å². The largest absolute Gasteiger partial charge is 0.508 e. The summed E-state index contributed by atoms with van der Waals surface area (Å²) in [5.74, 6) is -16.4. The highest BCUT2D eigenvalue weighted by Gasteiger charge is 2.45. The number of rotatable bonds is 39. The highest BCUT2D eigenvalue weighted by atomic mass is 32.3. The maximum absolute atomic E-state index is 14.7. The van der Waals surface area contributed by atoms with Crippen molar-refractivity contribution in [3.8, 4) is 5.75 Å². The monoisotopic (exact) mass is 1480 g/mol. The van der Waals surface area contributed by atoms with Crippen molar-refractivity contribution >= 4 is 113 Å². The molecular formula is C53H80N10O31S4. The highest BCUT2D eigenvalue weighted by Crippen LogP contribution is 2.28. The lowest BCUT2D eigenvalue weighted by molar-refractivity contribution is -0.146. The van der Waals surface area contributed by atoms with Crippen LogP contribution >= 0.6 is 0 Å². The molecule has 0 spiro atoms. The molecule has 0 radical (unpaired) electrons. The van der Waals surface area contributed by atoms with Gasteiger partial charge in [-0.25, -0.2) is 21.5 Å². The van der Waals surface area contributed by atoms with Gasteiger partial charge in [-0.1, -0.05) is 64.5 Å². The zero-order chi connectivity index (χ0) is 73.6. The number of carboxylic acid groups (broad SMARTS) is 2. The van der Waals surface area contributed by atoms with Crippen LogP contribution in [0.15, 0.2) is 24.3 Å². The number of benzene rings is 1. The molecule has 11 atom stereocenters. The minimum atomic E-state index is -5.49. The number of aliphatic carboxylic acids is 2. The molecule has 1 aromatic rings. The molecule has 1 saturated carbocycles. The molecule has 2 saturated heterocycles. The lowest BCUT2D eigenvalue weighted by Crippen LogP contribution is -2.62. The molecule has 98 heavy (non-hydrogen) atoms. The molecule has 1 aromatic carbocycles. The second-order valence-corrected chi connectivity index (χ2v) is 27.5. The molecule has 0 unspecified atom stereocenters. The van der Waals surface area contributed by atoms with E-state index in [-0.39, 0.29) is 69.7 Å². The van der Waals surface area contributed by atoms with Gasteiger partial charge in [0, 0.05) is 25.9 Å². The van der Waals surface area contributed by atoms with Gasteiger partial charge < -0.3 is 67.7 Å². The summed E-state index contributed by atoms with van der Waals surface area (Å²) in [7, 11) is -21.5. The van der Waals surface area contributed by atoms with Crippen molar-refractivity contribution in [2.45, 2.75) is 171 Å². The van der Waals surface area contributed by atoms with Crippen LogP contribution in [0.5, 0.6) is 5.75 Å². The molecule has 3 fully saturated rings. The third kappa shape index (κ3) is 28.5. The summed E-state index contributed by atoms with van der Waals surface area (Å²) in [4.78, 5) is 164. The van der Waals surface area contributed by atoms with E-state index in [9.17, 15) is 115 Å². The van der Waals surface area contributed by atoms with Crippen molar-refractivity contribution in [2.24, 2.45) is 11.8 Å². The van der Waals surface area contributed by atoms with Crippen LogP contribution in [0.3, 0.4) is 0 Å². The van der Waals surface area contributed by atoms with Gasteiger partial charge in [-0.15, -0.1) is 0 Å². The van der Waals surface area contributed by atoms with Gasteiger partial charge in [-0.2, -0.15) is 33.7 Å². The van der Waals surface area contributed by atoms with E-state index in [0.29, 0.717) is 31.2 Å². The standard InChI is InChI=1S/C53H80N10O31S4/c1-4-28(2)43(61-50(74)40-13-8-20-62(40)51(75)37(26-93-97(85,86)87)59-45(69)33(55-41(65)18-19-42(66)67)23-31-14-16-32(64)17-15-31)52(76)63-21-9-12-39(63)49(73)58-36(25-92-96(82,83)84)48(72)57-35(24-91-95(79,80)81)47(71)54-29(3)44(68)56-34(22-30-10-6-5-7-11-30)46(70)60-38(53(77)78)27-94-98(88,89)90/h14-17,28-30,33-40,43,64H,4-13,18-27H2,1-3H3,(H,54,71)(H,55,65)(H,56,68)(H,57,72)(H,58,73)(H,59,69)(H,60,70)(H,61,74)(H,66,67)(H,77,78)(H,79,80,81)(H,82,83,84)(H,85,86,87)(H,88,89,90)/t28-,29-,33-,34-,35-,36-,37-,38-,39-,40-,43-/m0/s1. The van der Waals surface area contributed by atoms with E-state index in [0.717, 1.165) is 23.1 Å². The van der Waals surface area contributed by atoms with Crippen LogP contribution in [-0.4, -0.2) is 248 Å². The van der Waals surface area contributed by atoms with Crippen LogP contribution in [0.2, 0.25) is 0 Å². The smallest absolute Gasteiger partial charge is 0.397 e. The summed E-state index contributed by atoms with van der Waals surface area (Å²) in [6, 6.07) is -13.2. The number of nitrogens with zero attached hydrogens (tertiary/aromatic N) is 2. The van der Waals surface area contributed by atoms with Gasteiger partial charge in [0.25, 0.3) is 0 Å². The quantitative estimate of drug-likeness (QED) is 0.0275. The van der Waals surface area contributed by atoms with E-state index in [2.05, 4.69) is 48.6 Å². The lowest BCUT2D eigenvalue weighted by Gasteiger charge is -2.34. The van der Waals surface area contributed by atoms with Gasteiger partial charge >= 0.3 is 53.5 Å². The van der Waals surface area contributed by atoms with Crippen LogP contribution in [0.4, 0.5) is 0 Å². The molecule has 15 N–H and O–H groups in total. The number of likely N-dealkylation sites (tertiary alicyclic amines) is 2. The van der Waals surface area contributed by atoms with Crippen molar-refractivity contribution in [3.05, 3.63) is 29.8 Å². The molecule has 4 rings (SSSR count). The molecule has 41 nitrogen and oxygen atoms in total. The van der Waals surface area contributed by atoms with E-state index in [1.807, 2.05) is 10.6 Å². The first-order chi connectivity index (χ1) is 45.5. The second-order valence-electron chi connectivity index (χ2n) is 23.1. The average Bonchev–Trinajstić information content (AvgIpc) is 1.57. The van der Waals surface area contributed by atoms with Crippen LogP contribution in [-0.2, 0) is 122 Å². The normalized spacial score (nSPS) is 18.9. The Morgan fingerprint density at radius 3 is 1.42 bits per heavy atom. The molecule has 2 aliphatic heterocycles. The average molecular weight is 1480 g/mol. The Hall–Kier alpha value is -7.86. The van der Waals surface area contributed by atoms with Gasteiger partial charge in [-0.05, 0) is 68.6 Å². The van der Waals surface area contributed by atoms with Crippen molar-refractivity contribution in [1.29, 1.82) is 0 Å². The Balaban J connectivity index is 1.56. The van der Waals surface area contributed by atoms with Crippen LogP contribution in [0.1, 0.15) is 110 Å². The molecule has 45 heteroatoms. The first kappa shape index (κ1) is 82.6. The fourth-order valence-corrected chi connectivity index (χ4v) is 11.8. The van der Waals surface area contributed by atoms with Gasteiger partial charge in [0.1, 0.15) is 60.1 Å². The molecule has 552 valence electrons. The third-order valence-electron chi connectivity index (χ3n) is 15.8. The van der Waals surface area contributed by atoms with Gasteiger partial charge in [0.2, 0.25) is 59.1 Å². The predicted molar refractivity (Wildman–Crippen MR) is 328 cm³/mol. The zero-order valence-corrected chi connectivity index (χ0v) is 56.1. The van der Waals surface area contributed by atoms with Crippen molar-refractivity contribution in [3.63, 3.8) is 0 Å². The Kier molecular flexibility index (Phi) is 31.5. The number of amides is 10. The molecule has 0 aromatic heterocycles. The molecule has 10 amide bonds. The lowest BCUT2D eigenvalue weighted by atomic mass is 9.84. The van der Waals surface area contributed by atoms with E-state index < -0.39 is 218 Å². The molecule has 2 heterocycles. The Labute approximate surface area is 562 Å². The van der Waals surface area contributed by atoms with E-state index in [1.54, 1.807) is 6.92 Å². The van der Waals surface area contributed by atoms with Crippen molar-refractivity contribution < 1.29 is 141 Å². The highest BCUT2D eigenvalue weighted by molar-refractivity contribution is 7.81. The van der Waals surface area contributed by atoms with Crippen LogP contribution in [0, 0.1) is 11.8 Å². The minimum absolute atomic E-state index is 0.0523. The fourth-order valence-electron chi connectivity index (χ4n) is 10.6. The number of carbonyl (C=O) groups excluding carboxylic acids is 10. The maximum atomic E-state index is 14.7. The van der Waals surface area contributed by atoms with Crippen LogP contribution in [0.25, 0.3) is 0 Å². The summed E-state index contributed by atoms with van der Waals surface area (Å²) in [5, 5.41) is 46.1. The van der Waals surface area contributed by atoms with Crippen LogP contribution < -0.4 is 42.5 Å². The number of hydrogen-bond acceptors (Lipinski definition) is 25. The molecule has 3 aliphatic rings. The number of aromatic hydroxyl groups is 1. The first-order valence-electron chi connectivity index (χ1n) is 30.3. The summed E-state index contributed by atoms with van der Waals surface area (Å²) in [6.07, 6.45) is 1.58.